The van der Waals surface area contributed by atoms with Crippen molar-refractivity contribution >= 4 is 28.7 Å². The summed E-state index contributed by atoms with van der Waals surface area (Å²) in [6.45, 7) is 4.34. The number of carbonyl (C=O) groups is 2. The van der Waals surface area contributed by atoms with Gasteiger partial charge >= 0.3 is 12.0 Å². The normalized spacial score (nSPS) is 12.2. The summed E-state index contributed by atoms with van der Waals surface area (Å²) < 4.78 is 3.51. The Bertz CT molecular complexity index is 409. The molecule has 8 nitrogen and oxygen atoms in total. The molecule has 2 amide bonds. The highest BCUT2D eigenvalue weighted by atomic mass is 32.1. The van der Waals surface area contributed by atoms with Crippen molar-refractivity contribution in [3.8, 4) is 0 Å². The molecule has 1 unspecified atom stereocenters. The highest BCUT2D eigenvalue weighted by molar-refractivity contribution is 7.09. The molecule has 1 rings (SSSR count). The van der Waals surface area contributed by atoms with E-state index in [1.807, 2.05) is 13.8 Å². The molecule has 0 aliphatic heterocycles. The maximum absolute atomic E-state index is 11.5. The summed E-state index contributed by atoms with van der Waals surface area (Å²) in [6.07, 6.45) is 0.783. The van der Waals surface area contributed by atoms with Crippen LogP contribution in [0.4, 0.5) is 9.93 Å². The molecular weight excluding hydrogens is 270 g/mol. The van der Waals surface area contributed by atoms with Crippen LogP contribution in [0.2, 0.25) is 0 Å². The van der Waals surface area contributed by atoms with Crippen molar-refractivity contribution in [2.24, 2.45) is 11.8 Å². The Morgan fingerprint density at radius 3 is 2.68 bits per heavy atom. The molecule has 0 radical (unpaired) electrons. The second-order valence-corrected chi connectivity index (χ2v) is 5.33. The monoisotopic (exact) mass is 287 g/mol. The number of aromatic nitrogens is 3. The number of nitrogens with one attached hydrogen (secondary N) is 2. The quantitative estimate of drug-likeness (QED) is 0.693. The predicted molar refractivity (Wildman–Crippen MR) is 69.9 cm³/mol. The minimum Gasteiger partial charge on any atom is -0.481 e. The molecule has 106 valence electrons. The lowest BCUT2D eigenvalue weighted by Crippen LogP contribution is -2.34. The number of carboxylic acid groups (broad SMARTS) is 1. The molecule has 1 aromatic rings. The highest BCUT2D eigenvalue weighted by Crippen LogP contribution is 2.14. The first-order valence-corrected chi connectivity index (χ1v) is 6.66. The van der Waals surface area contributed by atoms with Crippen LogP contribution in [0, 0.1) is 11.8 Å². The third-order valence-electron chi connectivity index (χ3n) is 2.34. The number of aliphatic carboxylic acids is 1. The number of amides is 2. The van der Waals surface area contributed by atoms with Crippen LogP contribution in [0.3, 0.4) is 0 Å². The summed E-state index contributed by atoms with van der Waals surface area (Å²) in [6, 6.07) is -0.433. The number of urea groups is 1. The lowest BCUT2D eigenvalue weighted by Gasteiger charge is -2.17. The molecule has 0 aromatic carbocycles. The van der Waals surface area contributed by atoms with Gasteiger partial charge in [-0.05, 0) is 23.5 Å². The van der Waals surface area contributed by atoms with Crippen molar-refractivity contribution < 1.29 is 14.7 Å². The third-order valence-corrected chi connectivity index (χ3v) is 2.85. The van der Waals surface area contributed by atoms with Crippen molar-refractivity contribution in [2.45, 2.75) is 26.7 Å². The summed E-state index contributed by atoms with van der Waals surface area (Å²) in [5.74, 6) is -0.571. The largest absolute Gasteiger partial charge is 0.481 e. The number of carbonyl (C=O) groups excluding carboxylic acids is 1. The minimum absolute atomic E-state index is 0.0405. The van der Waals surface area contributed by atoms with Crippen LogP contribution in [-0.2, 0) is 4.79 Å². The second-order valence-electron chi connectivity index (χ2n) is 4.60. The van der Waals surface area contributed by atoms with E-state index in [9.17, 15) is 9.59 Å². The molecular formula is C10H17N5O3S. The summed E-state index contributed by atoms with van der Waals surface area (Å²) in [5.41, 5.74) is 0. The first-order valence-electron chi connectivity index (χ1n) is 5.89. The van der Waals surface area contributed by atoms with Crippen LogP contribution in [-0.4, -0.2) is 38.5 Å². The van der Waals surface area contributed by atoms with Crippen LogP contribution in [0.25, 0.3) is 0 Å². The van der Waals surface area contributed by atoms with Gasteiger partial charge < -0.3 is 10.4 Å². The summed E-state index contributed by atoms with van der Waals surface area (Å²) in [4.78, 5) is 22.3. The Labute approximate surface area is 114 Å². The molecule has 9 heteroatoms. The van der Waals surface area contributed by atoms with E-state index in [1.165, 1.54) is 0 Å². The maximum Gasteiger partial charge on any atom is 0.321 e. The first kappa shape index (κ1) is 15.3. The molecule has 19 heavy (non-hydrogen) atoms. The van der Waals surface area contributed by atoms with E-state index >= 15 is 0 Å². The lowest BCUT2D eigenvalue weighted by molar-refractivity contribution is -0.138. The molecule has 0 saturated carbocycles. The highest BCUT2D eigenvalue weighted by Gasteiger charge is 2.16. The van der Waals surface area contributed by atoms with Gasteiger partial charge in [0.25, 0.3) is 0 Å². The van der Waals surface area contributed by atoms with Crippen LogP contribution < -0.4 is 10.6 Å². The summed E-state index contributed by atoms with van der Waals surface area (Å²) in [7, 11) is 0. The molecule has 3 N–H and O–H groups in total. The zero-order valence-corrected chi connectivity index (χ0v) is 11.6. The van der Waals surface area contributed by atoms with Gasteiger partial charge in [-0.15, -0.1) is 0 Å². The van der Waals surface area contributed by atoms with Crippen LogP contribution in [0.5, 0.6) is 0 Å². The van der Waals surface area contributed by atoms with Crippen LogP contribution in [0.1, 0.15) is 26.7 Å². The summed E-state index contributed by atoms with van der Waals surface area (Å²) >= 11 is 0.969. The second kappa shape index (κ2) is 7.62. The van der Waals surface area contributed by atoms with E-state index in [4.69, 9.17) is 5.11 Å². The fourth-order valence-corrected chi connectivity index (χ4v) is 2.07. The zero-order chi connectivity index (χ0) is 14.3. The molecule has 0 aliphatic carbocycles. The van der Waals surface area contributed by atoms with Gasteiger partial charge in [-0.1, -0.05) is 23.4 Å². The SMILES string of the molecule is CC(C)CC(CNC(=O)Nc1nnns1)CC(=O)O. The number of hydrogen-bond donors (Lipinski definition) is 3. The molecule has 1 aromatic heterocycles. The average molecular weight is 287 g/mol. The van der Waals surface area contributed by atoms with E-state index in [-0.39, 0.29) is 12.3 Å². The minimum atomic E-state index is -0.860. The fraction of sp³-hybridized carbons (Fsp3) is 0.700. The van der Waals surface area contributed by atoms with Crippen LogP contribution in [0.15, 0.2) is 0 Å². The third kappa shape index (κ3) is 6.65. The van der Waals surface area contributed by atoms with E-state index < -0.39 is 12.0 Å². The van der Waals surface area contributed by atoms with Gasteiger partial charge in [-0.25, -0.2) is 4.79 Å². The average Bonchev–Trinajstić information content (AvgIpc) is 2.77. The lowest BCUT2D eigenvalue weighted by atomic mass is 9.94. The van der Waals surface area contributed by atoms with Crippen molar-refractivity contribution in [1.29, 1.82) is 0 Å². The fourth-order valence-electron chi connectivity index (χ4n) is 1.71. The van der Waals surface area contributed by atoms with Crippen molar-refractivity contribution in [3.63, 3.8) is 0 Å². The van der Waals surface area contributed by atoms with Gasteiger partial charge in [0.15, 0.2) is 0 Å². The van der Waals surface area contributed by atoms with Crippen molar-refractivity contribution in [1.82, 2.24) is 20.1 Å². The Morgan fingerprint density at radius 1 is 1.42 bits per heavy atom. The number of anilines is 1. The molecule has 1 atom stereocenters. The van der Waals surface area contributed by atoms with E-state index in [0.29, 0.717) is 17.6 Å². The Morgan fingerprint density at radius 2 is 2.16 bits per heavy atom. The topological polar surface area (TPSA) is 117 Å². The Balaban J connectivity index is 2.37. The molecule has 0 saturated heterocycles. The standard InChI is InChI=1S/C10H17N5O3S/c1-6(2)3-7(4-8(16)17)5-11-9(18)12-10-13-14-15-19-10/h6-7H,3-5H2,1-2H3,(H,16,17)(H2,11,12,13,15,18). The smallest absolute Gasteiger partial charge is 0.321 e. The Kier molecular flexibility index (Phi) is 6.13. The molecule has 0 spiro atoms. The molecule has 0 aliphatic rings. The first-order chi connectivity index (χ1) is 8.97. The number of nitrogens with zero attached hydrogens (tertiary/aromatic N) is 3. The Hall–Kier alpha value is -1.77. The summed E-state index contributed by atoms with van der Waals surface area (Å²) in [5, 5.41) is 21.1. The van der Waals surface area contributed by atoms with E-state index in [1.54, 1.807) is 0 Å². The number of rotatable bonds is 7. The van der Waals surface area contributed by atoms with E-state index in [0.717, 1.165) is 18.0 Å². The molecule has 0 bridgehead atoms. The van der Waals surface area contributed by atoms with Gasteiger partial charge in [0.1, 0.15) is 0 Å². The predicted octanol–water partition coefficient (Wildman–Crippen LogP) is 1.19. The van der Waals surface area contributed by atoms with Gasteiger partial charge in [0.2, 0.25) is 5.13 Å². The number of carboxylic acids is 1. The van der Waals surface area contributed by atoms with E-state index in [2.05, 4.69) is 25.4 Å². The van der Waals surface area contributed by atoms with Crippen molar-refractivity contribution in [3.05, 3.63) is 0 Å². The maximum atomic E-state index is 11.5. The van der Waals surface area contributed by atoms with Crippen molar-refractivity contribution in [2.75, 3.05) is 11.9 Å². The van der Waals surface area contributed by atoms with Gasteiger partial charge in [-0.2, -0.15) is 0 Å². The molecule has 1 heterocycles. The zero-order valence-electron chi connectivity index (χ0n) is 10.8. The van der Waals surface area contributed by atoms with Gasteiger partial charge in [0.05, 0.1) is 0 Å². The van der Waals surface area contributed by atoms with Gasteiger partial charge in [0, 0.05) is 24.5 Å². The van der Waals surface area contributed by atoms with Crippen LogP contribution >= 0.6 is 11.5 Å². The number of hydrogen-bond acceptors (Lipinski definition) is 6. The van der Waals surface area contributed by atoms with Gasteiger partial charge in [-0.3, -0.25) is 10.1 Å². The molecule has 0 fully saturated rings.